The van der Waals surface area contributed by atoms with Crippen molar-refractivity contribution in [3.8, 4) is 17.2 Å². The zero-order valence-corrected chi connectivity index (χ0v) is 21.6. The third-order valence-corrected chi connectivity index (χ3v) is 5.57. The fourth-order valence-electron chi connectivity index (χ4n) is 3.41. The molecule has 0 bridgehead atoms. The lowest BCUT2D eigenvalue weighted by Crippen LogP contribution is -2.39. The van der Waals surface area contributed by atoms with Crippen LogP contribution < -0.4 is 14.2 Å². The second-order valence-electron chi connectivity index (χ2n) is 8.59. The van der Waals surface area contributed by atoms with Crippen molar-refractivity contribution in [2.24, 2.45) is 11.8 Å². The molecule has 34 heavy (non-hydrogen) atoms. The number of esters is 2. The third-order valence-electron chi connectivity index (χ3n) is 5.21. The number of carbonyl (C=O) groups excluding carboxylic acids is 2. The van der Waals surface area contributed by atoms with Gasteiger partial charge in [0.15, 0.2) is 11.5 Å². The number of nitrogens with zero attached hydrogens (tertiary/aromatic N) is 1. The Bertz CT molecular complexity index is 1000. The largest absolute Gasteiger partial charge is 0.493 e. The molecule has 0 saturated heterocycles. The van der Waals surface area contributed by atoms with Crippen molar-refractivity contribution in [1.82, 2.24) is 4.98 Å². The summed E-state index contributed by atoms with van der Waals surface area (Å²) in [4.78, 5) is 29.1. The van der Waals surface area contributed by atoms with Crippen molar-refractivity contribution in [2.75, 3.05) is 7.11 Å². The van der Waals surface area contributed by atoms with Gasteiger partial charge in [-0.05, 0) is 38.3 Å². The lowest BCUT2D eigenvalue weighted by molar-refractivity contribution is -0.160. The van der Waals surface area contributed by atoms with E-state index in [2.05, 4.69) is 4.98 Å². The van der Waals surface area contributed by atoms with Crippen molar-refractivity contribution in [3.05, 3.63) is 47.8 Å². The summed E-state index contributed by atoms with van der Waals surface area (Å²) >= 11 is 5.54. The summed E-state index contributed by atoms with van der Waals surface area (Å²) in [6.45, 7) is 10.9. The van der Waals surface area contributed by atoms with Gasteiger partial charge in [0.05, 0.1) is 13.0 Å². The number of carbonyl (C=O) groups is 2. The van der Waals surface area contributed by atoms with E-state index in [1.54, 1.807) is 13.0 Å². The molecule has 1 aromatic carbocycles. The first kappa shape index (κ1) is 27.2. The van der Waals surface area contributed by atoms with Gasteiger partial charge < -0.3 is 18.9 Å². The molecule has 2 aromatic rings. The molecule has 0 aliphatic heterocycles. The van der Waals surface area contributed by atoms with E-state index in [1.807, 2.05) is 52.0 Å². The van der Waals surface area contributed by atoms with E-state index >= 15 is 0 Å². The van der Waals surface area contributed by atoms with Gasteiger partial charge in [-0.1, -0.05) is 50.7 Å². The first-order chi connectivity index (χ1) is 16.0. The molecule has 2 rings (SSSR count). The summed E-state index contributed by atoms with van der Waals surface area (Å²) in [5, 5.41) is 0. The number of aryl methyl sites for hydroxylation is 1. The van der Waals surface area contributed by atoms with Gasteiger partial charge in [-0.3, -0.25) is 14.6 Å². The molecule has 0 amide bonds. The molecule has 0 fully saturated rings. The van der Waals surface area contributed by atoms with Gasteiger partial charge in [-0.15, -0.1) is 0 Å². The molecule has 184 valence electrons. The molecule has 7 nitrogen and oxygen atoms in total. The predicted octanol–water partition coefficient (Wildman–Crippen LogP) is 5.10. The second kappa shape index (κ2) is 12.5. The lowest BCUT2D eigenvalue weighted by Gasteiger charge is -2.29. The predicted molar refractivity (Wildman–Crippen MR) is 134 cm³/mol. The van der Waals surface area contributed by atoms with Crippen LogP contribution in [0.25, 0.3) is 0 Å². The van der Waals surface area contributed by atoms with Crippen LogP contribution >= 0.6 is 12.2 Å². The van der Waals surface area contributed by atoms with Crippen molar-refractivity contribution >= 4 is 29.0 Å². The Hall–Kier alpha value is -3.00. The normalized spacial score (nSPS) is 13.5. The summed E-state index contributed by atoms with van der Waals surface area (Å²) in [5.74, 6) is -0.223. The van der Waals surface area contributed by atoms with Gasteiger partial charge in [-0.2, -0.15) is 0 Å². The number of ether oxygens (including phenoxy) is 4. The molecule has 1 heterocycles. The number of rotatable bonds is 11. The molecule has 3 atom stereocenters. The molecule has 0 spiro atoms. The Kier molecular flexibility index (Phi) is 9.98. The number of benzene rings is 1. The zero-order chi connectivity index (χ0) is 25.4. The van der Waals surface area contributed by atoms with Crippen LogP contribution in [0.15, 0.2) is 36.5 Å². The Labute approximate surface area is 206 Å². The van der Waals surface area contributed by atoms with Crippen LogP contribution in [0.1, 0.15) is 52.3 Å². The summed E-state index contributed by atoms with van der Waals surface area (Å²) in [6.07, 6.45) is 0.911. The van der Waals surface area contributed by atoms with Gasteiger partial charge in [0.2, 0.25) is 0 Å². The van der Waals surface area contributed by atoms with Gasteiger partial charge in [0.25, 0.3) is 0 Å². The van der Waals surface area contributed by atoms with Crippen molar-refractivity contribution in [2.45, 2.75) is 60.2 Å². The molecule has 0 N–H and O–H groups in total. The average molecular weight is 488 g/mol. The van der Waals surface area contributed by atoms with E-state index in [-0.39, 0.29) is 24.2 Å². The second-order valence-corrected chi connectivity index (χ2v) is 9.09. The summed E-state index contributed by atoms with van der Waals surface area (Å²) in [7, 11) is 1.46. The summed E-state index contributed by atoms with van der Waals surface area (Å²) < 4.78 is 22.4. The minimum atomic E-state index is -0.543. The van der Waals surface area contributed by atoms with E-state index in [9.17, 15) is 9.59 Å². The smallest absolute Gasteiger partial charge is 0.309 e. The molecular formula is C26H33NO6S. The highest BCUT2D eigenvalue weighted by Crippen LogP contribution is 2.31. The maximum atomic E-state index is 12.9. The average Bonchev–Trinajstić information content (AvgIpc) is 2.78. The maximum absolute atomic E-state index is 12.9. The first-order valence-corrected chi connectivity index (χ1v) is 11.6. The number of aromatic nitrogens is 1. The third kappa shape index (κ3) is 7.52. The molecule has 0 unspecified atom stereocenters. The van der Waals surface area contributed by atoms with Crippen molar-refractivity contribution < 1.29 is 28.5 Å². The van der Waals surface area contributed by atoms with E-state index in [0.717, 1.165) is 11.3 Å². The van der Waals surface area contributed by atoms with E-state index in [1.165, 1.54) is 20.2 Å². The van der Waals surface area contributed by atoms with Crippen LogP contribution in [0.4, 0.5) is 0 Å². The van der Waals surface area contributed by atoms with Crippen LogP contribution in [0.2, 0.25) is 0 Å². The maximum Gasteiger partial charge on any atom is 0.309 e. The number of methoxy groups -OCH3 is 1. The van der Waals surface area contributed by atoms with Gasteiger partial charge >= 0.3 is 11.9 Å². The fraction of sp³-hybridized carbons (Fsp3) is 0.462. The fourth-order valence-corrected chi connectivity index (χ4v) is 3.81. The van der Waals surface area contributed by atoms with Crippen LogP contribution in [-0.4, -0.2) is 41.1 Å². The van der Waals surface area contributed by atoms with Crippen molar-refractivity contribution in [1.29, 1.82) is 0 Å². The first-order valence-electron chi connectivity index (χ1n) is 11.2. The molecular weight excluding hydrogens is 454 g/mol. The van der Waals surface area contributed by atoms with Gasteiger partial charge in [-0.25, -0.2) is 0 Å². The molecule has 1 aromatic heterocycles. The summed E-state index contributed by atoms with van der Waals surface area (Å²) in [6, 6.07) is 9.31. The van der Waals surface area contributed by atoms with Crippen LogP contribution in [0, 0.1) is 18.8 Å². The molecule has 0 radical (unpaired) electrons. The Morgan fingerprint density at radius 3 is 2.26 bits per heavy atom. The highest BCUT2D eigenvalue weighted by atomic mass is 32.1. The standard InChI is InChI=1S/C26H33NO6S/c1-15(2)24(18(5)31-20-10-8-16(3)9-11-20)33-26(29)17(4)14-22(34)23-25(32-19(6)28)21(30-7)12-13-27-23/h8-13,15,17-18,24H,14H2,1-7H3/t17-,18+,24-/m1/s1. The molecule has 0 aliphatic rings. The van der Waals surface area contributed by atoms with E-state index in [0.29, 0.717) is 16.3 Å². The Balaban J connectivity index is 2.09. The highest BCUT2D eigenvalue weighted by Gasteiger charge is 2.30. The monoisotopic (exact) mass is 487 g/mol. The van der Waals surface area contributed by atoms with E-state index in [4.69, 9.17) is 31.2 Å². The summed E-state index contributed by atoms with van der Waals surface area (Å²) in [5.41, 5.74) is 1.43. The van der Waals surface area contributed by atoms with Crippen LogP contribution in [-0.2, 0) is 14.3 Å². The minimum Gasteiger partial charge on any atom is -0.493 e. The van der Waals surface area contributed by atoms with E-state index < -0.39 is 24.0 Å². The number of hydrogen-bond acceptors (Lipinski definition) is 8. The molecule has 0 saturated carbocycles. The Morgan fingerprint density at radius 2 is 1.71 bits per heavy atom. The van der Waals surface area contributed by atoms with Crippen LogP contribution in [0.5, 0.6) is 17.2 Å². The van der Waals surface area contributed by atoms with Gasteiger partial charge in [0, 0.05) is 24.1 Å². The quantitative estimate of drug-likeness (QED) is 0.246. The Morgan fingerprint density at radius 1 is 1.06 bits per heavy atom. The molecule has 0 aliphatic carbocycles. The SMILES string of the molecule is COc1ccnc(C(=S)C[C@@H](C)C(=O)O[C@H](C(C)C)[C@H](C)Oc2ccc(C)cc2)c1OC(C)=O. The number of thiocarbonyl (C=S) groups is 1. The number of hydrogen-bond donors (Lipinski definition) is 0. The van der Waals surface area contributed by atoms with Crippen molar-refractivity contribution in [3.63, 3.8) is 0 Å². The topological polar surface area (TPSA) is 84.0 Å². The lowest BCUT2D eigenvalue weighted by atomic mass is 10.0. The van der Waals surface area contributed by atoms with Gasteiger partial charge in [0.1, 0.15) is 23.7 Å². The van der Waals surface area contributed by atoms with Crippen LogP contribution in [0.3, 0.4) is 0 Å². The minimum absolute atomic E-state index is 0.0409. The number of pyridine rings is 1. The molecule has 8 heteroatoms. The zero-order valence-electron chi connectivity index (χ0n) is 20.8. The highest BCUT2D eigenvalue weighted by molar-refractivity contribution is 7.80.